The van der Waals surface area contributed by atoms with Gasteiger partial charge in [0.25, 0.3) is 5.91 Å². The largest absolute Gasteiger partial charge is 0.507 e. The van der Waals surface area contributed by atoms with E-state index in [1.165, 1.54) is 0 Å². The van der Waals surface area contributed by atoms with Crippen molar-refractivity contribution in [2.24, 2.45) is 7.05 Å². The molecular formula is C20H24N4O2. The number of fused-ring (bicyclic) bond motifs is 1. The van der Waals surface area contributed by atoms with Gasteiger partial charge in [-0.05, 0) is 32.3 Å². The van der Waals surface area contributed by atoms with Crippen LogP contribution in [-0.4, -0.2) is 58.6 Å². The fourth-order valence-corrected chi connectivity index (χ4v) is 3.22. The predicted molar refractivity (Wildman–Crippen MR) is 103 cm³/mol. The van der Waals surface area contributed by atoms with Gasteiger partial charge in [-0.15, -0.1) is 0 Å². The molecule has 0 bridgehead atoms. The lowest BCUT2D eigenvalue weighted by Gasteiger charge is -2.15. The number of phenolic OH excluding ortho intramolecular Hbond substituents is 1. The van der Waals surface area contributed by atoms with Crippen LogP contribution in [0.5, 0.6) is 5.75 Å². The van der Waals surface area contributed by atoms with E-state index < -0.39 is 0 Å². The molecule has 0 aliphatic carbocycles. The molecule has 0 aliphatic heterocycles. The Kier molecular flexibility index (Phi) is 4.70. The lowest BCUT2D eigenvalue weighted by Crippen LogP contribution is -2.24. The molecular weight excluding hydrogens is 328 g/mol. The first kappa shape index (κ1) is 17.9. The van der Waals surface area contributed by atoms with Crippen LogP contribution in [0.2, 0.25) is 0 Å². The van der Waals surface area contributed by atoms with E-state index in [1.807, 2.05) is 48.8 Å². The number of nitrogens with zero attached hydrogens (tertiary/aromatic N) is 4. The summed E-state index contributed by atoms with van der Waals surface area (Å²) in [6.07, 6.45) is 3.42. The van der Waals surface area contributed by atoms with E-state index in [2.05, 4.69) is 4.98 Å². The topological polar surface area (TPSA) is 61.6 Å². The Hall–Kier alpha value is -2.86. The van der Waals surface area contributed by atoms with Crippen LogP contribution in [0.25, 0.3) is 22.0 Å². The summed E-state index contributed by atoms with van der Waals surface area (Å²) in [5, 5.41) is 11.4. The van der Waals surface area contributed by atoms with Gasteiger partial charge in [0.1, 0.15) is 5.75 Å². The van der Waals surface area contributed by atoms with E-state index in [4.69, 9.17) is 0 Å². The minimum absolute atomic E-state index is 0.0685. The van der Waals surface area contributed by atoms with Gasteiger partial charge in [0, 0.05) is 67.8 Å². The summed E-state index contributed by atoms with van der Waals surface area (Å²) >= 11 is 0. The second kappa shape index (κ2) is 6.80. The smallest absolute Gasteiger partial charge is 0.255 e. The molecule has 0 aliphatic rings. The number of benzene rings is 1. The first-order chi connectivity index (χ1) is 12.3. The molecule has 6 heteroatoms. The quantitative estimate of drug-likeness (QED) is 0.784. The third kappa shape index (κ3) is 3.04. The van der Waals surface area contributed by atoms with Crippen molar-refractivity contribution in [3.05, 3.63) is 47.9 Å². The highest BCUT2D eigenvalue weighted by Gasteiger charge is 2.24. The molecule has 0 saturated heterocycles. The standard InChI is InChI=1S/C20H24N4O2/c1-22(2)12-17-19(20(26)23(3)4)15-10-18(25)14(9-16(15)24(17)5)13-7-6-8-21-11-13/h6-11,25H,12H2,1-5H3. The van der Waals surface area contributed by atoms with Crippen molar-refractivity contribution in [3.63, 3.8) is 0 Å². The third-order valence-corrected chi connectivity index (χ3v) is 4.50. The summed E-state index contributed by atoms with van der Waals surface area (Å²) in [6.45, 7) is 0.628. The van der Waals surface area contributed by atoms with E-state index in [-0.39, 0.29) is 11.7 Å². The number of amides is 1. The number of pyridine rings is 1. The Labute approximate surface area is 153 Å². The molecule has 0 spiro atoms. The predicted octanol–water partition coefficient (Wildman–Crippen LogP) is 2.71. The zero-order valence-electron chi connectivity index (χ0n) is 15.8. The molecule has 136 valence electrons. The van der Waals surface area contributed by atoms with Gasteiger partial charge in [0.05, 0.1) is 5.56 Å². The molecule has 1 aromatic carbocycles. The van der Waals surface area contributed by atoms with Gasteiger partial charge < -0.3 is 19.5 Å². The van der Waals surface area contributed by atoms with Crippen LogP contribution in [0.15, 0.2) is 36.7 Å². The monoisotopic (exact) mass is 352 g/mol. The number of aromatic hydroxyl groups is 1. The van der Waals surface area contributed by atoms with Crippen LogP contribution >= 0.6 is 0 Å². The maximum atomic E-state index is 12.8. The Morgan fingerprint density at radius 3 is 2.54 bits per heavy atom. The van der Waals surface area contributed by atoms with E-state index in [0.717, 1.165) is 22.2 Å². The van der Waals surface area contributed by atoms with Gasteiger partial charge in [0.2, 0.25) is 0 Å². The Balaban J connectivity index is 2.31. The number of hydrogen-bond donors (Lipinski definition) is 1. The minimum Gasteiger partial charge on any atom is -0.507 e. The van der Waals surface area contributed by atoms with Crippen LogP contribution in [-0.2, 0) is 13.6 Å². The first-order valence-electron chi connectivity index (χ1n) is 8.42. The van der Waals surface area contributed by atoms with Crippen molar-refractivity contribution in [1.82, 2.24) is 19.4 Å². The van der Waals surface area contributed by atoms with Crippen molar-refractivity contribution in [2.75, 3.05) is 28.2 Å². The number of carbonyl (C=O) groups is 1. The molecule has 6 nitrogen and oxygen atoms in total. The first-order valence-corrected chi connectivity index (χ1v) is 8.42. The zero-order chi connectivity index (χ0) is 19.0. The fraction of sp³-hybridized carbons (Fsp3) is 0.300. The van der Waals surface area contributed by atoms with Gasteiger partial charge in [-0.3, -0.25) is 9.78 Å². The van der Waals surface area contributed by atoms with E-state index in [9.17, 15) is 9.90 Å². The van der Waals surface area contributed by atoms with Crippen molar-refractivity contribution < 1.29 is 9.90 Å². The highest BCUT2D eigenvalue weighted by atomic mass is 16.3. The molecule has 0 radical (unpaired) electrons. The second-order valence-electron chi connectivity index (χ2n) is 6.95. The highest BCUT2D eigenvalue weighted by molar-refractivity contribution is 6.09. The van der Waals surface area contributed by atoms with Gasteiger partial charge >= 0.3 is 0 Å². The number of aryl methyl sites for hydroxylation is 1. The highest BCUT2D eigenvalue weighted by Crippen LogP contribution is 2.37. The molecule has 3 aromatic rings. The summed E-state index contributed by atoms with van der Waals surface area (Å²) in [5.41, 5.74) is 4.00. The molecule has 2 heterocycles. The molecule has 0 unspecified atom stereocenters. The molecule has 1 amide bonds. The fourth-order valence-electron chi connectivity index (χ4n) is 3.22. The van der Waals surface area contributed by atoms with Gasteiger partial charge in [-0.1, -0.05) is 6.07 Å². The number of rotatable bonds is 4. The maximum absolute atomic E-state index is 12.8. The molecule has 2 aromatic heterocycles. The van der Waals surface area contributed by atoms with Crippen LogP contribution in [0, 0.1) is 0 Å². The molecule has 0 saturated carbocycles. The SMILES string of the molecule is CN(C)Cc1c(C(=O)N(C)C)c2cc(O)c(-c3cccnc3)cc2n1C. The van der Waals surface area contributed by atoms with Gasteiger partial charge in [-0.2, -0.15) is 0 Å². The maximum Gasteiger partial charge on any atom is 0.255 e. The summed E-state index contributed by atoms with van der Waals surface area (Å²) in [5.74, 6) is 0.0706. The Morgan fingerprint density at radius 1 is 1.23 bits per heavy atom. The van der Waals surface area contributed by atoms with Crippen LogP contribution < -0.4 is 0 Å². The van der Waals surface area contributed by atoms with Gasteiger partial charge in [-0.25, -0.2) is 0 Å². The second-order valence-corrected chi connectivity index (χ2v) is 6.95. The third-order valence-electron chi connectivity index (χ3n) is 4.50. The van der Waals surface area contributed by atoms with E-state index in [1.54, 1.807) is 37.5 Å². The van der Waals surface area contributed by atoms with Gasteiger partial charge in [0.15, 0.2) is 0 Å². The normalized spacial score (nSPS) is 11.3. The number of hydrogen-bond acceptors (Lipinski definition) is 4. The van der Waals surface area contributed by atoms with Crippen molar-refractivity contribution in [1.29, 1.82) is 0 Å². The zero-order valence-corrected chi connectivity index (χ0v) is 15.8. The molecule has 26 heavy (non-hydrogen) atoms. The van der Waals surface area contributed by atoms with Crippen LogP contribution in [0.4, 0.5) is 0 Å². The summed E-state index contributed by atoms with van der Waals surface area (Å²) in [6, 6.07) is 7.35. The average Bonchev–Trinajstić information content (AvgIpc) is 2.85. The lowest BCUT2D eigenvalue weighted by atomic mass is 10.0. The summed E-state index contributed by atoms with van der Waals surface area (Å²) < 4.78 is 2.03. The molecule has 1 N–H and O–H groups in total. The molecule has 0 fully saturated rings. The van der Waals surface area contributed by atoms with Crippen LogP contribution in [0.3, 0.4) is 0 Å². The number of phenols is 1. The summed E-state index contributed by atoms with van der Waals surface area (Å²) in [7, 11) is 9.38. The summed E-state index contributed by atoms with van der Waals surface area (Å²) in [4.78, 5) is 20.6. The van der Waals surface area contributed by atoms with E-state index >= 15 is 0 Å². The lowest BCUT2D eigenvalue weighted by molar-refractivity contribution is 0.0827. The Morgan fingerprint density at radius 2 is 1.96 bits per heavy atom. The van der Waals surface area contributed by atoms with Crippen molar-refractivity contribution in [2.45, 2.75) is 6.54 Å². The van der Waals surface area contributed by atoms with Crippen LogP contribution in [0.1, 0.15) is 16.1 Å². The molecule has 0 atom stereocenters. The van der Waals surface area contributed by atoms with Crippen molar-refractivity contribution in [3.8, 4) is 16.9 Å². The van der Waals surface area contributed by atoms with E-state index in [0.29, 0.717) is 17.7 Å². The van der Waals surface area contributed by atoms with Crippen molar-refractivity contribution >= 4 is 16.8 Å². The average molecular weight is 352 g/mol. The minimum atomic E-state index is -0.0685. The number of carbonyl (C=O) groups excluding carboxylic acids is 1. The Bertz CT molecular complexity index is 959. The number of aromatic nitrogens is 2. The molecule has 3 rings (SSSR count).